The molecule has 232 valence electrons. The molecule has 0 aliphatic carbocycles. The first-order chi connectivity index (χ1) is 20.6. The van der Waals surface area contributed by atoms with Crippen molar-refractivity contribution in [3.8, 4) is 5.75 Å². The molecule has 0 spiro atoms. The number of rotatable bonds is 19. The van der Waals surface area contributed by atoms with Crippen LogP contribution in [0.1, 0.15) is 108 Å². The number of ether oxygens (including phenoxy) is 1. The first-order valence-electron chi connectivity index (χ1n) is 16.2. The molecule has 0 aliphatic heterocycles. The Labute approximate surface area is 269 Å². The summed E-state index contributed by atoms with van der Waals surface area (Å²) in [5.74, 6) is 2.05. The summed E-state index contributed by atoms with van der Waals surface area (Å²) in [6.45, 7) is 5.20. The third-order valence-electron chi connectivity index (χ3n) is 8.10. The number of halogens is 1. The topological polar surface area (TPSA) is 49.4 Å². The highest BCUT2D eigenvalue weighted by Gasteiger charge is 2.15. The van der Waals surface area contributed by atoms with Crippen LogP contribution in [0.3, 0.4) is 0 Å². The molecule has 2 aromatic heterocycles. The van der Waals surface area contributed by atoms with Crippen molar-refractivity contribution in [1.82, 2.24) is 4.98 Å². The molecule has 2 aromatic carbocycles. The standard InChI is InChI=1S/C37H49N3O2.BrH/c1-3-4-5-6-7-8-9-10-11-12-13-16-27-42-36-24-20-33(21-25-36)30-40(31(2)41)34-22-18-32(19-23-34)28-37-38-29-35-17-14-15-26-39(35)37;/h14-15,17-26,29H,3-13,16,27-28,30H2,1-2H3;1H. The van der Waals surface area contributed by atoms with E-state index in [1.54, 1.807) is 6.92 Å². The minimum absolute atomic E-state index is 0. The molecule has 1 amide bonds. The van der Waals surface area contributed by atoms with E-state index in [1.807, 2.05) is 47.5 Å². The molecule has 6 heteroatoms. The number of aromatic amines is 1. The van der Waals surface area contributed by atoms with E-state index >= 15 is 0 Å². The monoisotopic (exact) mass is 647 g/mol. The Morgan fingerprint density at radius 2 is 1.37 bits per heavy atom. The summed E-state index contributed by atoms with van der Waals surface area (Å²) in [6.07, 6.45) is 21.0. The van der Waals surface area contributed by atoms with E-state index in [1.165, 1.54) is 76.2 Å². The summed E-state index contributed by atoms with van der Waals surface area (Å²) in [6, 6.07) is 22.6. The maximum absolute atomic E-state index is 12.5. The summed E-state index contributed by atoms with van der Waals surface area (Å²) < 4.78 is 8.16. The molecule has 0 atom stereocenters. The van der Waals surface area contributed by atoms with Crippen molar-refractivity contribution in [3.63, 3.8) is 0 Å². The zero-order valence-electron chi connectivity index (χ0n) is 26.2. The Balaban J connectivity index is 0.00000506. The van der Waals surface area contributed by atoms with Gasteiger partial charge in [-0.2, -0.15) is 4.40 Å². The Kier molecular flexibility index (Phi) is 15.4. The second kappa shape index (κ2) is 19.2. The Morgan fingerprint density at radius 3 is 2.00 bits per heavy atom. The molecular formula is C37H50BrN3O2. The Bertz CT molecular complexity index is 1330. The van der Waals surface area contributed by atoms with Gasteiger partial charge in [0.2, 0.25) is 5.91 Å². The number of H-pyrrole nitrogens is 1. The maximum Gasteiger partial charge on any atom is 0.263 e. The number of nitrogens with one attached hydrogen (secondary N) is 1. The second-order valence-electron chi connectivity index (χ2n) is 11.6. The molecule has 0 unspecified atom stereocenters. The number of unbranched alkanes of at least 4 members (excludes halogenated alkanes) is 11. The molecule has 0 aliphatic rings. The van der Waals surface area contributed by atoms with Crippen molar-refractivity contribution >= 4 is 17.1 Å². The number of benzene rings is 2. The number of nitrogens with zero attached hydrogens (tertiary/aromatic N) is 2. The van der Waals surface area contributed by atoms with Crippen LogP contribution >= 0.6 is 0 Å². The summed E-state index contributed by atoms with van der Waals surface area (Å²) in [4.78, 5) is 17.7. The average molecular weight is 649 g/mol. The maximum atomic E-state index is 12.5. The first-order valence-corrected chi connectivity index (χ1v) is 16.2. The van der Waals surface area contributed by atoms with Crippen LogP contribution in [0.25, 0.3) is 5.52 Å². The van der Waals surface area contributed by atoms with Crippen LogP contribution in [-0.4, -0.2) is 17.5 Å². The number of hydrogen-bond acceptors (Lipinski definition) is 2. The van der Waals surface area contributed by atoms with Gasteiger partial charge >= 0.3 is 0 Å². The number of anilines is 1. The van der Waals surface area contributed by atoms with E-state index in [2.05, 4.69) is 52.8 Å². The van der Waals surface area contributed by atoms with E-state index < -0.39 is 0 Å². The van der Waals surface area contributed by atoms with Crippen molar-refractivity contribution in [3.05, 3.63) is 96.1 Å². The number of pyridine rings is 1. The molecule has 0 saturated heterocycles. The van der Waals surface area contributed by atoms with E-state index in [-0.39, 0.29) is 22.9 Å². The number of amides is 1. The van der Waals surface area contributed by atoms with Crippen molar-refractivity contribution in [2.75, 3.05) is 11.5 Å². The minimum Gasteiger partial charge on any atom is -1.00 e. The number of imidazole rings is 1. The molecule has 1 N–H and O–H groups in total. The fourth-order valence-electron chi connectivity index (χ4n) is 5.56. The van der Waals surface area contributed by atoms with Crippen LogP contribution in [0.4, 0.5) is 5.69 Å². The zero-order chi connectivity index (χ0) is 29.4. The molecule has 2 heterocycles. The van der Waals surface area contributed by atoms with Gasteiger partial charge in [0, 0.05) is 12.6 Å². The van der Waals surface area contributed by atoms with Gasteiger partial charge in [0.25, 0.3) is 5.82 Å². The third-order valence-corrected chi connectivity index (χ3v) is 8.10. The van der Waals surface area contributed by atoms with Crippen molar-refractivity contribution < 1.29 is 30.9 Å². The molecule has 0 saturated carbocycles. The van der Waals surface area contributed by atoms with E-state index in [9.17, 15) is 4.79 Å². The molecule has 0 radical (unpaired) electrons. The van der Waals surface area contributed by atoms with Crippen LogP contribution in [0.15, 0.2) is 79.1 Å². The predicted molar refractivity (Wildman–Crippen MR) is 173 cm³/mol. The van der Waals surface area contributed by atoms with E-state index in [0.717, 1.165) is 47.8 Å². The SMILES string of the molecule is CCCCCCCCCCCCCCOc1ccc(CN(C(C)=O)c2ccc(Cc3[nH]cc4cccc[n+]34)cc2)cc1.[Br-]. The quantitative estimate of drug-likeness (QED) is 0.101. The molecular weight excluding hydrogens is 598 g/mol. The van der Waals surface area contributed by atoms with Crippen LogP contribution in [0, 0.1) is 0 Å². The van der Waals surface area contributed by atoms with Gasteiger partial charge in [-0.1, -0.05) is 108 Å². The van der Waals surface area contributed by atoms with Crippen LogP contribution < -0.4 is 31.0 Å². The van der Waals surface area contributed by atoms with Crippen molar-refractivity contribution in [2.45, 2.75) is 104 Å². The normalized spacial score (nSPS) is 10.9. The average Bonchev–Trinajstić information content (AvgIpc) is 3.42. The van der Waals surface area contributed by atoms with Crippen LogP contribution in [0.5, 0.6) is 5.75 Å². The van der Waals surface area contributed by atoms with E-state index in [0.29, 0.717) is 6.54 Å². The Hall–Kier alpha value is -3.12. The summed E-state index contributed by atoms with van der Waals surface area (Å²) >= 11 is 0. The molecule has 4 rings (SSSR count). The van der Waals surface area contributed by atoms with Gasteiger partial charge in [0.15, 0.2) is 5.52 Å². The van der Waals surface area contributed by atoms with Crippen LogP contribution in [0.2, 0.25) is 0 Å². The van der Waals surface area contributed by atoms with Gasteiger partial charge in [-0.15, -0.1) is 0 Å². The largest absolute Gasteiger partial charge is 1.00 e. The van der Waals surface area contributed by atoms with Crippen LogP contribution in [-0.2, 0) is 17.8 Å². The molecule has 4 aromatic rings. The fraction of sp³-hybridized carbons (Fsp3) is 0.459. The molecule has 43 heavy (non-hydrogen) atoms. The van der Waals surface area contributed by atoms with Gasteiger partial charge in [0.05, 0.1) is 25.8 Å². The minimum atomic E-state index is 0. The summed E-state index contributed by atoms with van der Waals surface area (Å²) in [7, 11) is 0. The lowest BCUT2D eigenvalue weighted by atomic mass is 10.1. The van der Waals surface area contributed by atoms with E-state index in [4.69, 9.17) is 4.74 Å². The lowest BCUT2D eigenvalue weighted by molar-refractivity contribution is -0.520. The highest BCUT2D eigenvalue weighted by atomic mass is 79.9. The number of carbonyl (C=O) groups excluding carboxylic acids is 1. The molecule has 0 bridgehead atoms. The predicted octanol–water partition coefficient (Wildman–Crippen LogP) is 5.98. The molecule has 0 fully saturated rings. The molecule has 5 nitrogen and oxygen atoms in total. The van der Waals surface area contributed by atoms with Gasteiger partial charge in [-0.05, 0) is 53.9 Å². The highest BCUT2D eigenvalue weighted by molar-refractivity contribution is 5.91. The first kappa shape index (κ1) is 34.4. The van der Waals surface area contributed by atoms with Gasteiger partial charge in [0.1, 0.15) is 11.9 Å². The smallest absolute Gasteiger partial charge is 0.263 e. The second-order valence-corrected chi connectivity index (χ2v) is 11.6. The van der Waals surface area contributed by atoms with Crippen molar-refractivity contribution in [1.29, 1.82) is 0 Å². The van der Waals surface area contributed by atoms with Gasteiger partial charge < -0.3 is 26.6 Å². The Morgan fingerprint density at radius 1 is 0.767 bits per heavy atom. The lowest BCUT2D eigenvalue weighted by Crippen LogP contribution is -3.00. The number of fused-ring (bicyclic) bond motifs is 1. The lowest BCUT2D eigenvalue weighted by Gasteiger charge is -2.22. The fourth-order valence-corrected chi connectivity index (χ4v) is 5.56. The number of hydrogen-bond donors (Lipinski definition) is 1. The van der Waals surface area contributed by atoms with Gasteiger partial charge in [-0.3, -0.25) is 4.79 Å². The van der Waals surface area contributed by atoms with Gasteiger partial charge in [-0.25, -0.2) is 4.98 Å². The zero-order valence-corrected chi connectivity index (χ0v) is 27.8. The summed E-state index contributed by atoms with van der Waals surface area (Å²) in [5.41, 5.74) is 4.33. The number of aromatic nitrogens is 2. The van der Waals surface area contributed by atoms with Crippen molar-refractivity contribution in [2.24, 2.45) is 0 Å². The summed E-state index contributed by atoms with van der Waals surface area (Å²) in [5, 5.41) is 0. The number of carbonyl (C=O) groups is 1. The third kappa shape index (κ3) is 11.5. The highest BCUT2D eigenvalue weighted by Crippen LogP contribution is 2.21.